The smallest absolute Gasteiger partial charge is 0.337 e. The van der Waals surface area contributed by atoms with Gasteiger partial charge in [-0.3, -0.25) is 0 Å². The van der Waals surface area contributed by atoms with Gasteiger partial charge in [0, 0.05) is 0 Å². The highest BCUT2D eigenvalue weighted by atomic mass is 16.8. The summed E-state index contributed by atoms with van der Waals surface area (Å²) >= 11 is 0. The number of hydrogen-bond donors (Lipinski definition) is 0. The van der Waals surface area contributed by atoms with E-state index >= 15 is 0 Å². The highest BCUT2D eigenvalue weighted by Crippen LogP contribution is 2.28. The summed E-state index contributed by atoms with van der Waals surface area (Å²) in [5.74, 6) is -1.06. The second-order valence-corrected chi connectivity index (χ2v) is 3.28. The Morgan fingerprint density at radius 1 is 1.42 bits per heavy atom. The summed E-state index contributed by atoms with van der Waals surface area (Å²) in [6.45, 7) is 5.33. The first-order valence-corrected chi connectivity index (χ1v) is 3.90. The zero-order valence-corrected chi connectivity index (χ0v) is 7.79. The zero-order valence-electron chi connectivity index (χ0n) is 7.79. The number of hydrogen-bond acceptors (Lipinski definition) is 4. The first-order valence-electron chi connectivity index (χ1n) is 3.90. The highest BCUT2D eigenvalue weighted by molar-refractivity contribution is 5.75. The molecule has 0 aromatic carbocycles. The van der Waals surface area contributed by atoms with Gasteiger partial charge in [-0.2, -0.15) is 0 Å². The third-order valence-electron chi connectivity index (χ3n) is 1.74. The summed E-state index contributed by atoms with van der Waals surface area (Å²) in [5.41, 5.74) is 0. The quantitative estimate of drug-likeness (QED) is 0.549. The Morgan fingerprint density at radius 2 is 2.00 bits per heavy atom. The van der Waals surface area contributed by atoms with Crippen LogP contribution in [0, 0.1) is 0 Å². The third kappa shape index (κ3) is 1.76. The lowest BCUT2D eigenvalue weighted by molar-refractivity contribution is -0.168. The predicted octanol–water partition coefficient (Wildman–Crippen LogP) is 0.699. The Balaban J connectivity index is 2.64. The maximum absolute atomic E-state index is 11.1. The average molecular weight is 174 g/mol. The molecule has 1 rings (SSSR count). The molecule has 1 fully saturated rings. The topological polar surface area (TPSA) is 44.8 Å². The van der Waals surface area contributed by atoms with Gasteiger partial charge >= 0.3 is 5.97 Å². The van der Waals surface area contributed by atoms with Crippen molar-refractivity contribution in [2.45, 2.75) is 38.8 Å². The monoisotopic (exact) mass is 174 g/mol. The van der Waals surface area contributed by atoms with Crippen LogP contribution in [0.5, 0.6) is 0 Å². The molecule has 1 aliphatic rings. The van der Waals surface area contributed by atoms with E-state index in [9.17, 15) is 4.79 Å². The van der Waals surface area contributed by atoms with Crippen LogP contribution < -0.4 is 0 Å². The van der Waals surface area contributed by atoms with Crippen LogP contribution in [-0.2, 0) is 19.0 Å². The number of rotatable bonds is 1. The van der Waals surface area contributed by atoms with Crippen molar-refractivity contribution in [1.29, 1.82) is 0 Å². The van der Waals surface area contributed by atoms with Gasteiger partial charge in [0.15, 0.2) is 11.9 Å². The normalized spacial score (nSPS) is 33.3. The fourth-order valence-corrected chi connectivity index (χ4v) is 1.29. The number of methoxy groups -OCH3 is 1. The summed E-state index contributed by atoms with van der Waals surface area (Å²) in [4.78, 5) is 11.1. The Bertz CT molecular complexity index is 187. The first kappa shape index (κ1) is 9.48. The van der Waals surface area contributed by atoms with Crippen molar-refractivity contribution in [3.8, 4) is 0 Å². The lowest BCUT2D eigenvalue weighted by Gasteiger charge is -2.15. The maximum Gasteiger partial charge on any atom is 0.337 e. The van der Waals surface area contributed by atoms with Gasteiger partial charge in [-0.05, 0) is 20.8 Å². The second-order valence-electron chi connectivity index (χ2n) is 3.28. The lowest BCUT2D eigenvalue weighted by atomic mass is 10.2. The molecule has 4 nitrogen and oxygen atoms in total. The molecule has 0 bridgehead atoms. The molecule has 0 unspecified atom stereocenters. The molecular formula is C8H14O4. The molecule has 0 aromatic heterocycles. The van der Waals surface area contributed by atoms with E-state index in [1.165, 1.54) is 7.11 Å². The van der Waals surface area contributed by atoms with Gasteiger partial charge in [0.1, 0.15) is 0 Å². The van der Waals surface area contributed by atoms with Crippen molar-refractivity contribution in [2.75, 3.05) is 7.11 Å². The summed E-state index contributed by atoms with van der Waals surface area (Å²) < 4.78 is 15.2. The molecule has 1 heterocycles. The van der Waals surface area contributed by atoms with Crippen LogP contribution in [0.25, 0.3) is 0 Å². The van der Waals surface area contributed by atoms with E-state index in [2.05, 4.69) is 4.74 Å². The van der Waals surface area contributed by atoms with E-state index in [-0.39, 0.29) is 12.1 Å². The highest BCUT2D eigenvalue weighted by Gasteiger charge is 2.43. The molecular weight excluding hydrogens is 160 g/mol. The first-order chi connectivity index (χ1) is 5.46. The van der Waals surface area contributed by atoms with Crippen molar-refractivity contribution >= 4 is 5.97 Å². The molecule has 0 aliphatic carbocycles. The zero-order chi connectivity index (χ0) is 9.35. The largest absolute Gasteiger partial charge is 0.467 e. The molecule has 1 saturated heterocycles. The van der Waals surface area contributed by atoms with E-state index in [4.69, 9.17) is 9.47 Å². The van der Waals surface area contributed by atoms with Gasteiger partial charge in [-0.25, -0.2) is 4.79 Å². The van der Waals surface area contributed by atoms with E-state index in [1.807, 2.05) is 0 Å². The Kier molecular flexibility index (Phi) is 2.39. The summed E-state index contributed by atoms with van der Waals surface area (Å²) in [7, 11) is 1.34. The van der Waals surface area contributed by atoms with Gasteiger partial charge < -0.3 is 14.2 Å². The maximum atomic E-state index is 11.1. The summed E-state index contributed by atoms with van der Waals surface area (Å²) in [6.07, 6.45) is -0.836. The number of carbonyl (C=O) groups is 1. The van der Waals surface area contributed by atoms with Crippen molar-refractivity contribution < 1.29 is 19.0 Å². The van der Waals surface area contributed by atoms with Crippen LogP contribution in [0.4, 0.5) is 0 Å². The molecule has 70 valence electrons. The van der Waals surface area contributed by atoms with Crippen LogP contribution in [0.15, 0.2) is 0 Å². The van der Waals surface area contributed by atoms with E-state index in [0.29, 0.717) is 0 Å². The SMILES string of the molecule is COC(=O)[C@H]1OC(C)(C)O[C@H]1C. The van der Waals surface area contributed by atoms with E-state index in [1.54, 1.807) is 20.8 Å². The van der Waals surface area contributed by atoms with Crippen LogP contribution in [0.2, 0.25) is 0 Å². The molecule has 4 heteroatoms. The minimum absolute atomic E-state index is 0.243. The Morgan fingerprint density at radius 3 is 2.33 bits per heavy atom. The fourth-order valence-electron chi connectivity index (χ4n) is 1.29. The predicted molar refractivity (Wildman–Crippen MR) is 41.5 cm³/mol. The van der Waals surface area contributed by atoms with Crippen molar-refractivity contribution in [3.63, 3.8) is 0 Å². The fraction of sp³-hybridized carbons (Fsp3) is 0.875. The Hall–Kier alpha value is -0.610. The minimum Gasteiger partial charge on any atom is -0.467 e. The second kappa shape index (κ2) is 3.03. The van der Waals surface area contributed by atoms with Gasteiger partial charge in [0.2, 0.25) is 0 Å². The molecule has 0 saturated carbocycles. The van der Waals surface area contributed by atoms with E-state index in [0.717, 1.165) is 0 Å². The third-order valence-corrected chi connectivity index (χ3v) is 1.74. The molecule has 0 N–H and O–H groups in total. The number of carbonyl (C=O) groups excluding carboxylic acids is 1. The molecule has 1 aliphatic heterocycles. The van der Waals surface area contributed by atoms with E-state index < -0.39 is 11.9 Å². The van der Waals surface area contributed by atoms with Crippen molar-refractivity contribution in [1.82, 2.24) is 0 Å². The van der Waals surface area contributed by atoms with Crippen LogP contribution >= 0.6 is 0 Å². The van der Waals surface area contributed by atoms with Crippen molar-refractivity contribution in [2.24, 2.45) is 0 Å². The molecule has 2 atom stereocenters. The van der Waals surface area contributed by atoms with Gasteiger partial charge in [0.05, 0.1) is 13.2 Å². The van der Waals surface area contributed by atoms with Crippen LogP contribution in [0.3, 0.4) is 0 Å². The summed E-state index contributed by atoms with van der Waals surface area (Å²) in [6, 6.07) is 0. The molecule has 0 spiro atoms. The molecule has 12 heavy (non-hydrogen) atoms. The van der Waals surface area contributed by atoms with Crippen LogP contribution in [0.1, 0.15) is 20.8 Å². The Labute approximate surface area is 71.8 Å². The van der Waals surface area contributed by atoms with Gasteiger partial charge in [-0.1, -0.05) is 0 Å². The van der Waals surface area contributed by atoms with Gasteiger partial charge in [0.25, 0.3) is 0 Å². The standard InChI is InChI=1S/C8H14O4/c1-5-6(7(9)10-4)12-8(2,3)11-5/h5-6H,1-4H3/t5-,6-/m0/s1. The number of ether oxygens (including phenoxy) is 3. The minimum atomic E-state index is -0.682. The van der Waals surface area contributed by atoms with Crippen molar-refractivity contribution in [3.05, 3.63) is 0 Å². The van der Waals surface area contributed by atoms with Gasteiger partial charge in [-0.15, -0.1) is 0 Å². The van der Waals surface area contributed by atoms with Crippen LogP contribution in [-0.4, -0.2) is 31.1 Å². The summed E-state index contributed by atoms with van der Waals surface area (Å²) in [5, 5.41) is 0. The average Bonchev–Trinajstić information content (AvgIpc) is 2.23. The molecule has 0 amide bonds. The number of esters is 1. The molecule has 0 aromatic rings. The lowest BCUT2D eigenvalue weighted by Crippen LogP contribution is -2.30. The molecule has 0 radical (unpaired) electrons.